The van der Waals surface area contributed by atoms with Crippen molar-refractivity contribution < 1.29 is 21.6 Å². The van der Waals surface area contributed by atoms with Crippen LogP contribution in [0.3, 0.4) is 0 Å². The first kappa shape index (κ1) is 15.3. The molecule has 0 saturated heterocycles. The second kappa shape index (κ2) is 5.38. The van der Waals surface area contributed by atoms with Crippen LogP contribution in [-0.4, -0.2) is 8.42 Å². The fourth-order valence-electron chi connectivity index (χ4n) is 1.50. The van der Waals surface area contributed by atoms with Crippen LogP contribution in [0.2, 0.25) is 0 Å². The highest BCUT2D eigenvalue weighted by atomic mass is 79.9. The first-order valence-electron chi connectivity index (χ1n) is 5.14. The van der Waals surface area contributed by atoms with Crippen LogP contribution in [0.25, 0.3) is 0 Å². The third-order valence-corrected chi connectivity index (χ3v) is 5.56. The molecule has 2 rings (SSSR count). The van der Waals surface area contributed by atoms with Crippen molar-refractivity contribution in [1.29, 1.82) is 0 Å². The van der Waals surface area contributed by atoms with Crippen molar-refractivity contribution in [1.82, 2.24) is 0 Å². The second-order valence-corrected chi connectivity index (χ2v) is 8.11. The van der Waals surface area contributed by atoms with Crippen LogP contribution in [0.1, 0.15) is 4.88 Å². The quantitative estimate of drug-likeness (QED) is 0.810. The van der Waals surface area contributed by atoms with Crippen molar-refractivity contribution in [2.75, 3.05) is 4.72 Å². The van der Waals surface area contributed by atoms with E-state index in [0.29, 0.717) is 14.7 Å². The topological polar surface area (TPSA) is 46.2 Å². The Morgan fingerprint density at radius 1 is 1.10 bits per heavy atom. The third-order valence-electron chi connectivity index (χ3n) is 2.39. The third kappa shape index (κ3) is 2.99. The average molecular weight is 386 g/mol. The van der Waals surface area contributed by atoms with E-state index in [4.69, 9.17) is 0 Å². The maximum Gasteiger partial charge on any atom is 0.263 e. The Kier molecular flexibility index (Phi) is 4.12. The first-order valence-corrected chi connectivity index (χ1v) is 8.23. The van der Waals surface area contributed by atoms with E-state index in [0.717, 1.165) is 0 Å². The van der Waals surface area contributed by atoms with Crippen LogP contribution in [0.5, 0.6) is 0 Å². The zero-order chi connectivity index (χ0) is 15.1. The average Bonchev–Trinajstić information content (AvgIpc) is 2.66. The van der Waals surface area contributed by atoms with Crippen LogP contribution in [0.4, 0.5) is 18.9 Å². The molecule has 0 spiro atoms. The van der Waals surface area contributed by atoms with E-state index < -0.39 is 33.2 Å². The van der Waals surface area contributed by atoms with Crippen molar-refractivity contribution >= 4 is 43.0 Å². The minimum absolute atomic E-state index is 0.0569. The summed E-state index contributed by atoms with van der Waals surface area (Å²) in [5.74, 6) is -3.92. The summed E-state index contributed by atoms with van der Waals surface area (Å²) in [4.78, 5) is 0.422. The molecule has 0 aliphatic carbocycles. The van der Waals surface area contributed by atoms with E-state index in [1.807, 2.05) is 4.72 Å². The molecule has 0 aliphatic rings. The Morgan fingerprint density at radius 3 is 2.25 bits per heavy atom. The van der Waals surface area contributed by atoms with Crippen LogP contribution in [-0.2, 0) is 10.0 Å². The number of hydrogen-bond acceptors (Lipinski definition) is 3. The van der Waals surface area contributed by atoms with E-state index in [1.165, 1.54) is 17.4 Å². The number of anilines is 1. The normalized spacial score (nSPS) is 11.7. The lowest BCUT2D eigenvalue weighted by molar-refractivity contribution is 0.496. The highest BCUT2D eigenvalue weighted by molar-refractivity contribution is 9.11. The Bertz CT molecular complexity index is 774. The molecule has 1 N–H and O–H groups in total. The van der Waals surface area contributed by atoms with E-state index in [1.54, 1.807) is 6.92 Å². The summed E-state index contributed by atoms with van der Waals surface area (Å²) >= 11 is 4.33. The summed E-state index contributed by atoms with van der Waals surface area (Å²) in [5, 5.41) is 0. The number of aryl methyl sites for hydroxylation is 1. The number of rotatable bonds is 3. The highest BCUT2D eigenvalue weighted by Crippen LogP contribution is 2.31. The molecule has 20 heavy (non-hydrogen) atoms. The molecule has 2 aromatic rings. The summed E-state index contributed by atoms with van der Waals surface area (Å²) in [5.41, 5.74) is -0.648. The summed E-state index contributed by atoms with van der Waals surface area (Å²) in [6.45, 7) is 1.57. The van der Waals surface area contributed by atoms with Gasteiger partial charge in [-0.2, -0.15) is 0 Å². The lowest BCUT2D eigenvalue weighted by Crippen LogP contribution is -2.14. The molecule has 0 radical (unpaired) electrons. The Hall–Kier alpha value is -1.06. The molecule has 0 amide bonds. The van der Waals surface area contributed by atoms with E-state index >= 15 is 0 Å². The van der Waals surface area contributed by atoms with Gasteiger partial charge < -0.3 is 0 Å². The molecule has 1 aromatic carbocycles. The van der Waals surface area contributed by atoms with Gasteiger partial charge >= 0.3 is 0 Å². The number of sulfonamides is 1. The fourth-order valence-corrected chi connectivity index (χ4v) is 4.97. The number of halogens is 4. The summed E-state index contributed by atoms with van der Waals surface area (Å²) in [6.07, 6.45) is 0. The molecule has 1 heterocycles. The highest BCUT2D eigenvalue weighted by Gasteiger charge is 2.22. The molecule has 0 aliphatic heterocycles. The summed E-state index contributed by atoms with van der Waals surface area (Å²) in [6, 6.07) is 2.09. The van der Waals surface area contributed by atoms with Gasteiger partial charge in [-0.25, -0.2) is 21.6 Å². The SMILES string of the molecule is Cc1sc(Br)cc1S(=O)(=O)Nc1cc(F)c(F)cc1F. The molecule has 0 fully saturated rings. The van der Waals surface area contributed by atoms with Gasteiger partial charge in [0.1, 0.15) is 10.7 Å². The van der Waals surface area contributed by atoms with Crippen LogP contribution in [0, 0.1) is 24.4 Å². The fraction of sp³-hybridized carbons (Fsp3) is 0.0909. The molecular weight excluding hydrogens is 379 g/mol. The molecule has 9 heteroatoms. The minimum Gasteiger partial charge on any atom is -0.277 e. The van der Waals surface area contributed by atoms with Gasteiger partial charge in [-0.3, -0.25) is 4.72 Å². The number of benzene rings is 1. The molecule has 3 nitrogen and oxygen atoms in total. The second-order valence-electron chi connectivity index (χ2n) is 3.82. The van der Waals surface area contributed by atoms with Gasteiger partial charge in [0.15, 0.2) is 11.6 Å². The smallest absolute Gasteiger partial charge is 0.263 e. The maximum absolute atomic E-state index is 13.4. The van der Waals surface area contributed by atoms with Crippen molar-refractivity contribution in [3.63, 3.8) is 0 Å². The first-order chi connectivity index (χ1) is 9.20. The molecular formula is C11H7BrF3NO2S2. The minimum atomic E-state index is -4.07. The van der Waals surface area contributed by atoms with E-state index in [-0.39, 0.29) is 11.0 Å². The lowest BCUT2D eigenvalue weighted by Gasteiger charge is -2.09. The van der Waals surface area contributed by atoms with Gasteiger partial charge in [-0.1, -0.05) is 0 Å². The molecule has 1 aromatic heterocycles. The van der Waals surface area contributed by atoms with Crippen molar-refractivity contribution in [3.05, 3.63) is 44.3 Å². The van der Waals surface area contributed by atoms with E-state index in [9.17, 15) is 21.6 Å². The molecule has 0 atom stereocenters. The van der Waals surface area contributed by atoms with Gasteiger partial charge in [-0.05, 0) is 28.9 Å². The van der Waals surface area contributed by atoms with Crippen LogP contribution >= 0.6 is 27.3 Å². The van der Waals surface area contributed by atoms with Crippen molar-refractivity contribution in [3.8, 4) is 0 Å². The van der Waals surface area contributed by atoms with Gasteiger partial charge in [0.2, 0.25) is 0 Å². The van der Waals surface area contributed by atoms with Gasteiger partial charge in [0, 0.05) is 17.0 Å². The molecule has 0 bridgehead atoms. The molecule has 108 valence electrons. The Balaban J connectivity index is 2.43. The standard InChI is InChI=1S/C11H7BrF3NO2S2/c1-5-10(4-11(12)19-5)20(17,18)16-9-3-7(14)6(13)2-8(9)15/h2-4,16H,1H3. The number of hydrogen-bond donors (Lipinski definition) is 1. The molecule has 0 unspecified atom stereocenters. The summed E-state index contributed by atoms with van der Waals surface area (Å²) < 4.78 is 65.9. The number of nitrogens with one attached hydrogen (secondary N) is 1. The van der Waals surface area contributed by atoms with E-state index in [2.05, 4.69) is 15.9 Å². The molecule has 0 saturated carbocycles. The largest absolute Gasteiger partial charge is 0.277 e. The van der Waals surface area contributed by atoms with Crippen LogP contribution < -0.4 is 4.72 Å². The lowest BCUT2D eigenvalue weighted by atomic mass is 10.3. The summed E-state index contributed by atoms with van der Waals surface area (Å²) in [7, 11) is -4.07. The van der Waals surface area contributed by atoms with Crippen molar-refractivity contribution in [2.24, 2.45) is 0 Å². The maximum atomic E-state index is 13.4. The van der Waals surface area contributed by atoms with Gasteiger partial charge in [0.05, 0.1) is 9.47 Å². The van der Waals surface area contributed by atoms with Crippen molar-refractivity contribution in [2.45, 2.75) is 11.8 Å². The monoisotopic (exact) mass is 385 g/mol. The van der Waals surface area contributed by atoms with Gasteiger partial charge in [-0.15, -0.1) is 11.3 Å². The Morgan fingerprint density at radius 2 is 1.70 bits per heavy atom. The Labute approximate surface area is 125 Å². The number of thiophene rings is 1. The predicted octanol–water partition coefficient (Wildman–Crippen LogP) is 4.04. The zero-order valence-electron chi connectivity index (χ0n) is 9.88. The predicted molar refractivity (Wildman–Crippen MR) is 73.9 cm³/mol. The van der Waals surface area contributed by atoms with Crippen LogP contribution in [0.15, 0.2) is 26.9 Å². The zero-order valence-corrected chi connectivity index (χ0v) is 13.1. The van der Waals surface area contributed by atoms with Gasteiger partial charge in [0.25, 0.3) is 10.0 Å².